The van der Waals surface area contributed by atoms with Crippen molar-refractivity contribution in [2.24, 2.45) is 0 Å². The van der Waals surface area contributed by atoms with Crippen LogP contribution in [0.5, 0.6) is 0 Å². The maximum absolute atomic E-state index is 13.0. The summed E-state index contributed by atoms with van der Waals surface area (Å²) in [5.41, 5.74) is 3.05. The van der Waals surface area contributed by atoms with Gasteiger partial charge in [0.15, 0.2) is 0 Å². The monoisotopic (exact) mass is 350 g/mol. The second-order valence-corrected chi connectivity index (χ2v) is 6.29. The highest BCUT2D eigenvalue weighted by Gasteiger charge is 2.23. The van der Waals surface area contributed by atoms with E-state index in [0.29, 0.717) is 24.5 Å². The minimum atomic E-state index is -0.295. The van der Waals surface area contributed by atoms with Gasteiger partial charge in [0.2, 0.25) is 0 Å². The fourth-order valence-corrected chi connectivity index (χ4v) is 3.18. The molecule has 1 N–H and O–H groups in total. The summed E-state index contributed by atoms with van der Waals surface area (Å²) in [6.07, 6.45) is 0. The van der Waals surface area contributed by atoms with E-state index in [0.717, 1.165) is 18.7 Å². The van der Waals surface area contributed by atoms with Crippen LogP contribution in [0.2, 0.25) is 0 Å². The highest BCUT2D eigenvalue weighted by atomic mass is 19.1. The van der Waals surface area contributed by atoms with Crippen LogP contribution in [0.4, 0.5) is 10.1 Å². The van der Waals surface area contributed by atoms with Gasteiger partial charge in [-0.2, -0.15) is 5.10 Å². The van der Waals surface area contributed by atoms with Gasteiger partial charge in [0.25, 0.3) is 5.91 Å². The fraction of sp³-hybridized carbons (Fsp3) is 0.200. The molecule has 0 unspecified atom stereocenters. The summed E-state index contributed by atoms with van der Waals surface area (Å²) in [7, 11) is 0. The number of benzene rings is 2. The normalized spacial score (nSPS) is 14.5. The first-order valence-electron chi connectivity index (χ1n) is 8.61. The number of nitrogens with zero attached hydrogens (tertiary/aromatic N) is 3. The van der Waals surface area contributed by atoms with Crippen LogP contribution in [-0.2, 0) is 0 Å². The largest absolute Gasteiger partial charge is 0.368 e. The maximum Gasteiger partial charge on any atom is 0.272 e. The van der Waals surface area contributed by atoms with Crippen LogP contribution >= 0.6 is 0 Å². The number of amides is 1. The van der Waals surface area contributed by atoms with E-state index in [4.69, 9.17) is 0 Å². The lowest BCUT2D eigenvalue weighted by Gasteiger charge is -2.35. The second-order valence-electron chi connectivity index (χ2n) is 6.29. The van der Waals surface area contributed by atoms with Crippen LogP contribution in [-0.4, -0.2) is 47.2 Å². The highest BCUT2D eigenvalue weighted by molar-refractivity contribution is 5.93. The number of carbonyl (C=O) groups is 1. The van der Waals surface area contributed by atoms with Gasteiger partial charge in [0, 0.05) is 37.4 Å². The van der Waals surface area contributed by atoms with Crippen LogP contribution in [0, 0.1) is 5.82 Å². The summed E-state index contributed by atoms with van der Waals surface area (Å²) in [4.78, 5) is 16.8. The Morgan fingerprint density at radius 1 is 0.962 bits per heavy atom. The molecule has 1 fully saturated rings. The zero-order valence-corrected chi connectivity index (χ0v) is 14.2. The molecule has 0 saturated carbocycles. The first kappa shape index (κ1) is 16.3. The molecule has 26 heavy (non-hydrogen) atoms. The zero-order valence-electron chi connectivity index (χ0n) is 14.2. The van der Waals surface area contributed by atoms with E-state index >= 15 is 0 Å². The topological polar surface area (TPSA) is 52.2 Å². The molecular formula is C20H19FN4O. The van der Waals surface area contributed by atoms with Gasteiger partial charge in [-0.3, -0.25) is 9.89 Å². The first-order chi connectivity index (χ1) is 12.7. The van der Waals surface area contributed by atoms with Crippen molar-refractivity contribution < 1.29 is 9.18 Å². The van der Waals surface area contributed by atoms with Crippen LogP contribution in [0.1, 0.15) is 10.5 Å². The second kappa shape index (κ2) is 7.00. The van der Waals surface area contributed by atoms with Crippen molar-refractivity contribution in [2.45, 2.75) is 0 Å². The zero-order chi connectivity index (χ0) is 17.9. The number of aromatic nitrogens is 2. The van der Waals surface area contributed by atoms with E-state index in [2.05, 4.69) is 27.2 Å². The molecule has 0 spiro atoms. The van der Waals surface area contributed by atoms with Gasteiger partial charge in [-0.25, -0.2) is 4.39 Å². The van der Waals surface area contributed by atoms with Crippen LogP contribution in [0.15, 0.2) is 60.7 Å². The minimum absolute atomic E-state index is 0.0569. The van der Waals surface area contributed by atoms with Gasteiger partial charge in [-0.15, -0.1) is 0 Å². The number of nitrogens with one attached hydrogen (secondary N) is 1. The van der Waals surface area contributed by atoms with Crippen LogP contribution in [0.25, 0.3) is 11.3 Å². The molecule has 1 aliphatic rings. The molecule has 0 radical (unpaired) electrons. The molecule has 5 nitrogen and oxygen atoms in total. The Hall–Kier alpha value is -3.15. The van der Waals surface area contributed by atoms with E-state index in [1.807, 2.05) is 23.1 Å². The lowest BCUT2D eigenvalue weighted by Crippen LogP contribution is -2.48. The molecule has 0 atom stereocenters. The summed E-state index contributed by atoms with van der Waals surface area (Å²) in [6, 6.07) is 18.0. The molecular weight excluding hydrogens is 331 g/mol. The maximum atomic E-state index is 13.0. The van der Waals surface area contributed by atoms with E-state index in [-0.39, 0.29) is 11.7 Å². The SMILES string of the molecule is O=C(c1cc(-c2ccc(F)cc2)n[nH]1)N1CCN(c2ccccc2)CC1. The summed E-state index contributed by atoms with van der Waals surface area (Å²) < 4.78 is 13.0. The van der Waals surface area contributed by atoms with Crippen molar-refractivity contribution >= 4 is 11.6 Å². The molecule has 0 bridgehead atoms. The van der Waals surface area contributed by atoms with Gasteiger partial charge in [0.1, 0.15) is 11.5 Å². The molecule has 1 amide bonds. The van der Waals surface area contributed by atoms with Crippen molar-refractivity contribution in [2.75, 3.05) is 31.1 Å². The quantitative estimate of drug-likeness (QED) is 0.789. The third-order valence-corrected chi connectivity index (χ3v) is 4.64. The average molecular weight is 350 g/mol. The predicted octanol–water partition coefficient (Wildman–Crippen LogP) is 3.18. The van der Waals surface area contributed by atoms with Gasteiger partial charge < -0.3 is 9.80 Å². The Balaban J connectivity index is 1.42. The summed E-state index contributed by atoms with van der Waals surface area (Å²) >= 11 is 0. The number of para-hydroxylation sites is 1. The number of carbonyl (C=O) groups excluding carboxylic acids is 1. The summed E-state index contributed by atoms with van der Waals surface area (Å²) in [5, 5.41) is 7.00. The summed E-state index contributed by atoms with van der Waals surface area (Å²) in [6.45, 7) is 2.93. The lowest BCUT2D eigenvalue weighted by molar-refractivity contribution is 0.0741. The number of aromatic amines is 1. The Labute approximate surface area is 151 Å². The number of H-pyrrole nitrogens is 1. The number of hydrogen-bond donors (Lipinski definition) is 1. The van der Waals surface area contributed by atoms with Gasteiger partial charge in [-0.05, 0) is 42.5 Å². The standard InChI is InChI=1S/C20H19FN4O/c21-16-8-6-15(7-9-16)18-14-19(23-22-18)20(26)25-12-10-24(11-13-25)17-4-2-1-3-5-17/h1-9,14H,10-13H2,(H,22,23). The Morgan fingerprint density at radius 2 is 1.65 bits per heavy atom. The molecule has 1 aromatic heterocycles. The van der Waals surface area contributed by atoms with E-state index in [1.165, 1.54) is 17.8 Å². The smallest absolute Gasteiger partial charge is 0.272 e. The van der Waals surface area contributed by atoms with Crippen molar-refractivity contribution in [3.8, 4) is 11.3 Å². The molecule has 1 aliphatic heterocycles. The number of rotatable bonds is 3. The molecule has 132 valence electrons. The highest BCUT2D eigenvalue weighted by Crippen LogP contribution is 2.20. The van der Waals surface area contributed by atoms with E-state index < -0.39 is 0 Å². The van der Waals surface area contributed by atoms with Crippen LogP contribution in [0.3, 0.4) is 0 Å². The third kappa shape index (κ3) is 3.31. The van der Waals surface area contributed by atoms with Crippen molar-refractivity contribution in [1.82, 2.24) is 15.1 Å². The molecule has 0 aliphatic carbocycles. The van der Waals surface area contributed by atoms with Crippen LogP contribution < -0.4 is 4.90 Å². The fourth-order valence-electron chi connectivity index (χ4n) is 3.18. The number of halogens is 1. The lowest BCUT2D eigenvalue weighted by atomic mass is 10.1. The first-order valence-corrected chi connectivity index (χ1v) is 8.61. The molecule has 4 rings (SSSR count). The number of anilines is 1. The Bertz CT molecular complexity index is 884. The molecule has 2 aromatic carbocycles. The predicted molar refractivity (Wildman–Crippen MR) is 98.5 cm³/mol. The molecule has 6 heteroatoms. The van der Waals surface area contributed by atoms with Crippen molar-refractivity contribution in [3.05, 3.63) is 72.2 Å². The van der Waals surface area contributed by atoms with Gasteiger partial charge in [-0.1, -0.05) is 18.2 Å². The minimum Gasteiger partial charge on any atom is -0.368 e. The number of hydrogen-bond acceptors (Lipinski definition) is 3. The molecule has 2 heterocycles. The average Bonchev–Trinajstić information content (AvgIpc) is 3.19. The van der Waals surface area contributed by atoms with Gasteiger partial charge >= 0.3 is 0 Å². The van der Waals surface area contributed by atoms with E-state index in [1.54, 1.807) is 18.2 Å². The Kier molecular flexibility index (Phi) is 4.39. The molecule has 3 aromatic rings. The van der Waals surface area contributed by atoms with Crippen molar-refractivity contribution in [3.63, 3.8) is 0 Å². The third-order valence-electron chi connectivity index (χ3n) is 4.64. The van der Waals surface area contributed by atoms with E-state index in [9.17, 15) is 9.18 Å². The van der Waals surface area contributed by atoms with Gasteiger partial charge in [0.05, 0.1) is 5.69 Å². The summed E-state index contributed by atoms with van der Waals surface area (Å²) in [5.74, 6) is -0.351. The number of piperazine rings is 1. The van der Waals surface area contributed by atoms with Crippen molar-refractivity contribution in [1.29, 1.82) is 0 Å². The Morgan fingerprint density at radius 3 is 2.35 bits per heavy atom. The molecule has 1 saturated heterocycles.